The highest BCUT2D eigenvalue weighted by Crippen LogP contribution is 2.26. The highest BCUT2D eigenvalue weighted by Gasteiger charge is 2.08. The van der Waals surface area contributed by atoms with Crippen LogP contribution in [0.25, 0.3) is 0 Å². The molecule has 0 spiro atoms. The maximum absolute atomic E-state index is 12.1. The molecule has 0 fully saturated rings. The number of rotatable bonds is 7. The van der Waals surface area contributed by atoms with Crippen LogP contribution in [0.1, 0.15) is 16.7 Å². The SMILES string of the molecule is Cc1cccc(NCc2ccc(OCC(=O)Nc3cccc(C)c3)c(Cl)c2)c1. The van der Waals surface area contributed by atoms with Crippen molar-refractivity contribution < 1.29 is 9.53 Å². The first-order valence-corrected chi connectivity index (χ1v) is 9.46. The van der Waals surface area contributed by atoms with Crippen molar-refractivity contribution in [2.45, 2.75) is 20.4 Å². The van der Waals surface area contributed by atoms with E-state index in [2.05, 4.69) is 29.7 Å². The number of benzene rings is 3. The molecule has 0 saturated heterocycles. The molecule has 0 aromatic heterocycles. The molecule has 3 rings (SSSR count). The summed E-state index contributed by atoms with van der Waals surface area (Å²) in [5.74, 6) is 0.257. The minimum atomic E-state index is -0.230. The number of hydrogen-bond acceptors (Lipinski definition) is 3. The minimum absolute atomic E-state index is 0.103. The molecule has 0 aliphatic rings. The zero-order valence-corrected chi connectivity index (χ0v) is 16.7. The Balaban J connectivity index is 1.53. The lowest BCUT2D eigenvalue weighted by Crippen LogP contribution is -2.20. The van der Waals surface area contributed by atoms with Gasteiger partial charge in [-0.05, 0) is 66.9 Å². The van der Waals surface area contributed by atoms with E-state index in [9.17, 15) is 4.79 Å². The Morgan fingerprint density at radius 1 is 0.929 bits per heavy atom. The molecule has 0 bridgehead atoms. The van der Waals surface area contributed by atoms with Gasteiger partial charge < -0.3 is 15.4 Å². The predicted molar refractivity (Wildman–Crippen MR) is 115 cm³/mol. The summed E-state index contributed by atoms with van der Waals surface area (Å²) in [4.78, 5) is 12.1. The smallest absolute Gasteiger partial charge is 0.262 e. The van der Waals surface area contributed by atoms with Gasteiger partial charge >= 0.3 is 0 Å². The van der Waals surface area contributed by atoms with Crippen LogP contribution in [0, 0.1) is 13.8 Å². The molecule has 0 saturated carbocycles. The van der Waals surface area contributed by atoms with Crippen LogP contribution in [0.4, 0.5) is 11.4 Å². The number of carbonyl (C=O) groups is 1. The van der Waals surface area contributed by atoms with Gasteiger partial charge in [-0.2, -0.15) is 0 Å². The molecule has 0 atom stereocenters. The van der Waals surface area contributed by atoms with Crippen molar-refractivity contribution in [2.75, 3.05) is 17.2 Å². The predicted octanol–water partition coefficient (Wildman–Crippen LogP) is 5.59. The summed E-state index contributed by atoms with van der Waals surface area (Å²) in [6.45, 7) is 4.58. The van der Waals surface area contributed by atoms with Crippen molar-refractivity contribution in [2.24, 2.45) is 0 Å². The number of anilines is 2. The van der Waals surface area contributed by atoms with E-state index >= 15 is 0 Å². The number of halogens is 1. The van der Waals surface area contributed by atoms with Crippen LogP contribution in [-0.4, -0.2) is 12.5 Å². The van der Waals surface area contributed by atoms with Crippen LogP contribution in [0.5, 0.6) is 5.75 Å². The lowest BCUT2D eigenvalue weighted by Gasteiger charge is -2.11. The van der Waals surface area contributed by atoms with E-state index in [4.69, 9.17) is 16.3 Å². The number of carbonyl (C=O) groups excluding carboxylic acids is 1. The fourth-order valence-corrected chi connectivity index (χ4v) is 3.05. The van der Waals surface area contributed by atoms with E-state index in [-0.39, 0.29) is 12.5 Å². The van der Waals surface area contributed by atoms with E-state index in [0.29, 0.717) is 17.3 Å². The standard InChI is InChI=1S/C23H23ClN2O2/c1-16-5-3-7-19(11-16)25-14-18-9-10-22(21(24)13-18)28-15-23(27)26-20-8-4-6-17(2)12-20/h3-13,25H,14-15H2,1-2H3,(H,26,27). The highest BCUT2D eigenvalue weighted by molar-refractivity contribution is 6.32. The average molecular weight is 395 g/mol. The third-order valence-corrected chi connectivity index (χ3v) is 4.47. The fraction of sp³-hybridized carbons (Fsp3) is 0.174. The molecule has 0 aliphatic heterocycles. The second-order valence-corrected chi connectivity index (χ2v) is 7.10. The summed E-state index contributed by atoms with van der Waals surface area (Å²) >= 11 is 6.32. The molecular weight excluding hydrogens is 372 g/mol. The average Bonchev–Trinajstić information content (AvgIpc) is 2.66. The Morgan fingerprint density at radius 3 is 2.29 bits per heavy atom. The van der Waals surface area contributed by atoms with Gasteiger partial charge in [0, 0.05) is 17.9 Å². The second kappa shape index (κ2) is 9.29. The van der Waals surface area contributed by atoms with E-state index in [0.717, 1.165) is 22.5 Å². The minimum Gasteiger partial charge on any atom is -0.482 e. The molecule has 4 nitrogen and oxygen atoms in total. The molecule has 144 valence electrons. The second-order valence-electron chi connectivity index (χ2n) is 6.69. The molecule has 0 heterocycles. The topological polar surface area (TPSA) is 50.4 Å². The number of aryl methyl sites for hydroxylation is 2. The lowest BCUT2D eigenvalue weighted by molar-refractivity contribution is -0.118. The van der Waals surface area contributed by atoms with Crippen LogP contribution in [0.2, 0.25) is 5.02 Å². The van der Waals surface area contributed by atoms with Crippen molar-refractivity contribution in [1.29, 1.82) is 0 Å². The Bertz CT molecular complexity index is 972. The summed E-state index contributed by atoms with van der Waals surface area (Å²) in [5.41, 5.74) is 5.12. The van der Waals surface area contributed by atoms with Gasteiger partial charge in [0.25, 0.3) is 5.91 Å². The third kappa shape index (κ3) is 5.76. The number of nitrogens with one attached hydrogen (secondary N) is 2. The summed E-state index contributed by atoms with van der Waals surface area (Å²) in [6.07, 6.45) is 0. The van der Waals surface area contributed by atoms with E-state index < -0.39 is 0 Å². The van der Waals surface area contributed by atoms with Gasteiger partial charge in [0.15, 0.2) is 6.61 Å². The van der Waals surface area contributed by atoms with Crippen LogP contribution < -0.4 is 15.4 Å². The summed E-state index contributed by atoms with van der Waals surface area (Å²) in [7, 11) is 0. The first-order valence-electron chi connectivity index (χ1n) is 9.08. The van der Waals surface area contributed by atoms with Crippen molar-refractivity contribution in [3.8, 4) is 5.75 Å². The molecule has 5 heteroatoms. The van der Waals surface area contributed by atoms with Crippen molar-refractivity contribution in [1.82, 2.24) is 0 Å². The monoisotopic (exact) mass is 394 g/mol. The Labute approximate surface area is 170 Å². The molecule has 1 amide bonds. The Morgan fingerprint density at radius 2 is 1.61 bits per heavy atom. The largest absolute Gasteiger partial charge is 0.482 e. The number of hydrogen-bond donors (Lipinski definition) is 2. The van der Waals surface area contributed by atoms with Crippen molar-refractivity contribution in [3.63, 3.8) is 0 Å². The van der Waals surface area contributed by atoms with E-state index in [1.54, 1.807) is 6.07 Å². The van der Waals surface area contributed by atoms with Gasteiger partial charge in [0.1, 0.15) is 5.75 Å². The van der Waals surface area contributed by atoms with Crippen LogP contribution in [-0.2, 0) is 11.3 Å². The maximum atomic E-state index is 12.1. The molecular formula is C23H23ClN2O2. The molecule has 0 unspecified atom stereocenters. The van der Waals surface area contributed by atoms with Gasteiger partial charge in [-0.25, -0.2) is 0 Å². The first-order chi connectivity index (χ1) is 13.5. The summed E-state index contributed by atoms with van der Waals surface area (Å²) in [5, 5.41) is 6.66. The Kier molecular flexibility index (Phi) is 6.56. The van der Waals surface area contributed by atoms with E-state index in [1.807, 2.05) is 55.5 Å². The van der Waals surface area contributed by atoms with Gasteiger partial charge in [0.05, 0.1) is 5.02 Å². The van der Waals surface area contributed by atoms with Gasteiger partial charge in [-0.1, -0.05) is 41.9 Å². The third-order valence-electron chi connectivity index (χ3n) is 4.17. The lowest BCUT2D eigenvalue weighted by atomic mass is 10.2. The van der Waals surface area contributed by atoms with Gasteiger partial charge in [-0.15, -0.1) is 0 Å². The zero-order valence-electron chi connectivity index (χ0n) is 16.0. The summed E-state index contributed by atoms with van der Waals surface area (Å²) in [6, 6.07) is 21.4. The fourth-order valence-electron chi connectivity index (χ4n) is 2.79. The molecule has 28 heavy (non-hydrogen) atoms. The van der Waals surface area contributed by atoms with Gasteiger partial charge in [-0.3, -0.25) is 4.79 Å². The highest BCUT2D eigenvalue weighted by atomic mass is 35.5. The van der Waals surface area contributed by atoms with Crippen LogP contribution >= 0.6 is 11.6 Å². The summed E-state index contributed by atoms with van der Waals surface area (Å²) < 4.78 is 5.57. The maximum Gasteiger partial charge on any atom is 0.262 e. The molecule has 0 radical (unpaired) electrons. The van der Waals surface area contributed by atoms with Crippen molar-refractivity contribution in [3.05, 3.63) is 88.4 Å². The number of amides is 1. The quantitative estimate of drug-likeness (QED) is 0.549. The molecule has 0 aliphatic carbocycles. The first kappa shape index (κ1) is 19.8. The molecule has 2 N–H and O–H groups in total. The van der Waals surface area contributed by atoms with Crippen LogP contribution in [0.15, 0.2) is 66.7 Å². The molecule has 3 aromatic carbocycles. The Hall–Kier alpha value is -2.98. The molecule has 3 aromatic rings. The normalized spacial score (nSPS) is 10.4. The van der Waals surface area contributed by atoms with Crippen LogP contribution in [0.3, 0.4) is 0 Å². The number of ether oxygens (including phenoxy) is 1. The van der Waals surface area contributed by atoms with E-state index in [1.165, 1.54) is 5.56 Å². The zero-order chi connectivity index (χ0) is 19.9. The van der Waals surface area contributed by atoms with Gasteiger partial charge in [0.2, 0.25) is 0 Å². The van der Waals surface area contributed by atoms with Crippen molar-refractivity contribution >= 4 is 28.9 Å².